The summed E-state index contributed by atoms with van der Waals surface area (Å²) in [5.74, 6) is 3.22. The second kappa shape index (κ2) is 4.06. The predicted octanol–water partition coefficient (Wildman–Crippen LogP) is 1.61. The quantitative estimate of drug-likeness (QED) is 0.874. The van der Waals surface area contributed by atoms with Gasteiger partial charge in [-0.3, -0.25) is 5.10 Å². The van der Waals surface area contributed by atoms with E-state index in [0.717, 1.165) is 29.4 Å². The van der Waals surface area contributed by atoms with E-state index in [1.54, 1.807) is 0 Å². The summed E-state index contributed by atoms with van der Waals surface area (Å²) in [5, 5.41) is 7.37. The van der Waals surface area contributed by atoms with E-state index in [9.17, 15) is 0 Å². The first kappa shape index (κ1) is 11.0. The number of aromatic nitrogens is 3. The Morgan fingerprint density at radius 3 is 3.05 bits per heavy atom. The number of hydrogen-bond donors (Lipinski definition) is 2. The van der Waals surface area contributed by atoms with E-state index < -0.39 is 0 Å². The summed E-state index contributed by atoms with van der Waals surface area (Å²) >= 11 is 0. The number of ether oxygens (including phenoxy) is 1. The van der Waals surface area contributed by atoms with Gasteiger partial charge in [0.05, 0.1) is 5.56 Å². The van der Waals surface area contributed by atoms with Gasteiger partial charge in [-0.1, -0.05) is 12.1 Å². The van der Waals surface area contributed by atoms with Crippen molar-refractivity contribution in [2.45, 2.75) is 31.3 Å². The van der Waals surface area contributed by atoms with E-state index in [1.165, 1.54) is 18.4 Å². The maximum absolute atomic E-state index is 5.91. The lowest BCUT2D eigenvalue weighted by atomic mass is 10.1. The van der Waals surface area contributed by atoms with Crippen LogP contribution in [-0.2, 0) is 6.42 Å². The van der Waals surface area contributed by atoms with Crippen LogP contribution in [-0.4, -0.2) is 27.8 Å². The van der Waals surface area contributed by atoms with Crippen LogP contribution >= 0.6 is 0 Å². The number of aromatic amines is 1. The van der Waals surface area contributed by atoms with Gasteiger partial charge < -0.3 is 10.5 Å². The van der Waals surface area contributed by atoms with Crippen LogP contribution in [0.15, 0.2) is 18.2 Å². The Balaban J connectivity index is 1.73. The SMILES string of the molecule is NCC1Cc2cccc(-c3n[nH]c(C4CC4)n3)c2O1. The second-order valence-electron chi connectivity index (χ2n) is 5.29. The molecular weight excluding hydrogens is 240 g/mol. The lowest BCUT2D eigenvalue weighted by Crippen LogP contribution is -2.24. The van der Waals surface area contributed by atoms with Crippen molar-refractivity contribution in [1.82, 2.24) is 15.2 Å². The van der Waals surface area contributed by atoms with Crippen molar-refractivity contribution in [2.75, 3.05) is 6.54 Å². The average Bonchev–Trinajstić information content (AvgIpc) is 3.03. The minimum atomic E-state index is 0.0815. The lowest BCUT2D eigenvalue weighted by Gasteiger charge is -2.08. The molecule has 5 nitrogen and oxygen atoms in total. The maximum Gasteiger partial charge on any atom is 0.184 e. The molecule has 0 radical (unpaired) electrons. The predicted molar refractivity (Wildman–Crippen MR) is 71.0 cm³/mol. The lowest BCUT2D eigenvalue weighted by molar-refractivity contribution is 0.242. The largest absolute Gasteiger partial charge is 0.488 e. The summed E-state index contributed by atoms with van der Waals surface area (Å²) in [6.07, 6.45) is 3.39. The molecule has 1 aromatic carbocycles. The van der Waals surface area contributed by atoms with Gasteiger partial charge in [0.1, 0.15) is 17.7 Å². The Hall–Kier alpha value is -1.88. The topological polar surface area (TPSA) is 76.8 Å². The smallest absolute Gasteiger partial charge is 0.184 e. The summed E-state index contributed by atoms with van der Waals surface area (Å²) in [4.78, 5) is 4.59. The first-order valence-corrected chi connectivity index (χ1v) is 6.76. The van der Waals surface area contributed by atoms with Gasteiger partial charge in [0.15, 0.2) is 5.82 Å². The van der Waals surface area contributed by atoms with E-state index in [-0.39, 0.29) is 6.10 Å². The van der Waals surface area contributed by atoms with Crippen molar-refractivity contribution in [3.63, 3.8) is 0 Å². The molecule has 1 aliphatic heterocycles. The van der Waals surface area contributed by atoms with Gasteiger partial charge >= 0.3 is 0 Å². The molecule has 1 aromatic heterocycles. The molecule has 1 aliphatic carbocycles. The van der Waals surface area contributed by atoms with Gasteiger partial charge in [-0.15, -0.1) is 0 Å². The van der Waals surface area contributed by atoms with Gasteiger partial charge in [0, 0.05) is 18.9 Å². The molecule has 1 fully saturated rings. The minimum Gasteiger partial charge on any atom is -0.488 e. The molecular formula is C14H16N4O. The monoisotopic (exact) mass is 256 g/mol. The molecule has 4 rings (SSSR count). The number of hydrogen-bond acceptors (Lipinski definition) is 4. The molecule has 0 bridgehead atoms. The van der Waals surface area contributed by atoms with Crippen molar-refractivity contribution in [3.05, 3.63) is 29.6 Å². The zero-order chi connectivity index (χ0) is 12.8. The number of nitrogens with one attached hydrogen (secondary N) is 1. The summed E-state index contributed by atoms with van der Waals surface area (Å²) in [6, 6.07) is 6.13. The third-order valence-electron chi connectivity index (χ3n) is 3.80. The van der Waals surface area contributed by atoms with Crippen molar-refractivity contribution >= 4 is 0 Å². The Morgan fingerprint density at radius 2 is 2.26 bits per heavy atom. The molecule has 2 aromatic rings. The molecule has 2 aliphatic rings. The number of nitrogens with two attached hydrogens (primary N) is 1. The summed E-state index contributed by atoms with van der Waals surface area (Å²) in [6.45, 7) is 0.537. The Labute approximate surface area is 111 Å². The highest BCUT2D eigenvalue weighted by Gasteiger charge is 2.29. The highest BCUT2D eigenvalue weighted by molar-refractivity contribution is 5.67. The Morgan fingerprint density at radius 1 is 1.37 bits per heavy atom. The second-order valence-corrected chi connectivity index (χ2v) is 5.29. The standard InChI is InChI=1S/C14H16N4O/c15-7-10-6-9-2-1-3-11(12(9)19-10)14-16-13(17-18-14)8-4-5-8/h1-3,8,10H,4-7,15H2,(H,16,17,18). The van der Waals surface area contributed by atoms with Gasteiger partial charge in [-0.2, -0.15) is 5.10 Å². The zero-order valence-electron chi connectivity index (χ0n) is 10.6. The first-order valence-electron chi connectivity index (χ1n) is 6.76. The summed E-state index contributed by atoms with van der Waals surface area (Å²) < 4.78 is 5.91. The van der Waals surface area contributed by atoms with Crippen molar-refractivity contribution in [2.24, 2.45) is 5.73 Å². The molecule has 0 amide bonds. The zero-order valence-corrected chi connectivity index (χ0v) is 10.6. The third-order valence-corrected chi connectivity index (χ3v) is 3.80. The van der Waals surface area contributed by atoms with Crippen LogP contribution < -0.4 is 10.5 Å². The summed E-state index contributed by atoms with van der Waals surface area (Å²) in [5.41, 5.74) is 7.86. The van der Waals surface area contributed by atoms with Crippen LogP contribution in [0.3, 0.4) is 0 Å². The van der Waals surface area contributed by atoms with E-state index in [4.69, 9.17) is 10.5 Å². The number of nitrogens with zero attached hydrogens (tertiary/aromatic N) is 2. The Kier molecular flexibility index (Phi) is 2.35. The minimum absolute atomic E-state index is 0.0815. The molecule has 0 saturated heterocycles. The highest BCUT2D eigenvalue weighted by atomic mass is 16.5. The number of H-pyrrole nitrogens is 1. The first-order chi connectivity index (χ1) is 9.35. The Bertz CT molecular complexity index is 618. The fourth-order valence-electron chi connectivity index (χ4n) is 2.58. The van der Waals surface area contributed by atoms with Crippen LogP contribution in [0, 0.1) is 0 Å². The van der Waals surface area contributed by atoms with Crippen LogP contribution in [0.2, 0.25) is 0 Å². The van der Waals surface area contributed by atoms with Crippen molar-refractivity contribution in [3.8, 4) is 17.1 Å². The number of fused-ring (bicyclic) bond motifs is 1. The number of para-hydroxylation sites is 1. The molecule has 19 heavy (non-hydrogen) atoms. The molecule has 1 saturated carbocycles. The van der Waals surface area contributed by atoms with E-state index in [0.29, 0.717) is 12.5 Å². The molecule has 1 unspecified atom stereocenters. The molecule has 0 spiro atoms. The van der Waals surface area contributed by atoms with Gasteiger partial charge in [-0.05, 0) is 24.5 Å². The normalized spacial score (nSPS) is 21.2. The van der Waals surface area contributed by atoms with Gasteiger partial charge in [0.2, 0.25) is 0 Å². The van der Waals surface area contributed by atoms with E-state index in [1.807, 2.05) is 12.1 Å². The molecule has 2 heterocycles. The highest BCUT2D eigenvalue weighted by Crippen LogP contribution is 2.40. The van der Waals surface area contributed by atoms with E-state index >= 15 is 0 Å². The van der Waals surface area contributed by atoms with Crippen molar-refractivity contribution in [1.29, 1.82) is 0 Å². The van der Waals surface area contributed by atoms with Crippen LogP contribution in [0.25, 0.3) is 11.4 Å². The molecule has 98 valence electrons. The fraction of sp³-hybridized carbons (Fsp3) is 0.429. The molecule has 3 N–H and O–H groups in total. The third kappa shape index (κ3) is 1.81. The molecule has 1 atom stereocenters. The number of benzene rings is 1. The van der Waals surface area contributed by atoms with Gasteiger partial charge in [0.25, 0.3) is 0 Å². The van der Waals surface area contributed by atoms with Gasteiger partial charge in [-0.25, -0.2) is 4.98 Å². The maximum atomic E-state index is 5.91. The van der Waals surface area contributed by atoms with Crippen LogP contribution in [0.5, 0.6) is 5.75 Å². The van der Waals surface area contributed by atoms with E-state index in [2.05, 4.69) is 21.2 Å². The van der Waals surface area contributed by atoms with Crippen LogP contribution in [0.1, 0.15) is 30.1 Å². The fourth-order valence-corrected chi connectivity index (χ4v) is 2.58. The average molecular weight is 256 g/mol. The molecule has 5 heteroatoms. The number of rotatable bonds is 3. The summed E-state index contributed by atoms with van der Waals surface area (Å²) in [7, 11) is 0. The van der Waals surface area contributed by atoms with Crippen molar-refractivity contribution < 1.29 is 4.74 Å². The van der Waals surface area contributed by atoms with Crippen LogP contribution in [0.4, 0.5) is 0 Å².